The van der Waals surface area contributed by atoms with Crippen LogP contribution < -0.4 is 11.1 Å². The van der Waals surface area contributed by atoms with E-state index in [1.165, 1.54) is 0 Å². The van der Waals surface area contributed by atoms with Gasteiger partial charge in [-0.1, -0.05) is 0 Å². The molecule has 7 nitrogen and oxygen atoms in total. The molecular formula is C14H12N6O. The number of amides is 1. The smallest absolute Gasteiger partial charge is 0.278 e. The molecule has 0 fully saturated rings. The Morgan fingerprint density at radius 1 is 1.10 bits per heavy atom. The lowest BCUT2D eigenvalue weighted by Gasteiger charge is -2.02. The summed E-state index contributed by atoms with van der Waals surface area (Å²) in [5, 5.41) is 6.79. The van der Waals surface area contributed by atoms with Crippen LogP contribution in [0.3, 0.4) is 0 Å². The van der Waals surface area contributed by atoms with Crippen LogP contribution in [0.2, 0.25) is 0 Å². The summed E-state index contributed by atoms with van der Waals surface area (Å²) in [7, 11) is 0. The molecule has 1 amide bonds. The zero-order chi connectivity index (χ0) is 14.7. The molecule has 0 atom stereocenters. The van der Waals surface area contributed by atoms with Gasteiger partial charge < -0.3 is 5.73 Å². The summed E-state index contributed by atoms with van der Waals surface area (Å²) in [6, 6.07) is 10.5. The Labute approximate surface area is 120 Å². The molecule has 0 aliphatic heterocycles. The van der Waals surface area contributed by atoms with Gasteiger partial charge in [-0.05, 0) is 36.4 Å². The van der Waals surface area contributed by atoms with Crippen LogP contribution in [-0.2, 0) is 0 Å². The molecular weight excluding hydrogens is 268 g/mol. The monoisotopic (exact) mass is 280 g/mol. The molecule has 2 aromatic heterocycles. The number of aromatic nitrogens is 4. The maximum Gasteiger partial charge on any atom is 0.278 e. The number of nitrogens with zero attached hydrogens (tertiary/aromatic N) is 4. The number of carbonyl (C=O) groups excluding carboxylic acids is 1. The third kappa shape index (κ3) is 2.86. The van der Waals surface area contributed by atoms with Gasteiger partial charge in [0.25, 0.3) is 5.91 Å². The van der Waals surface area contributed by atoms with Gasteiger partial charge in [-0.15, -0.1) is 0 Å². The quantitative estimate of drug-likeness (QED) is 0.708. The van der Waals surface area contributed by atoms with Crippen molar-refractivity contribution in [2.45, 2.75) is 0 Å². The second kappa shape index (κ2) is 5.41. The van der Waals surface area contributed by atoms with E-state index in [9.17, 15) is 4.79 Å². The summed E-state index contributed by atoms with van der Waals surface area (Å²) >= 11 is 0. The number of anilines is 2. The van der Waals surface area contributed by atoms with Crippen molar-refractivity contribution in [2.24, 2.45) is 0 Å². The summed E-state index contributed by atoms with van der Waals surface area (Å²) in [6.07, 6.45) is 4.80. The lowest BCUT2D eigenvalue weighted by Crippen LogP contribution is -2.15. The largest absolute Gasteiger partial charge is 0.399 e. The lowest BCUT2D eigenvalue weighted by molar-refractivity contribution is 0.102. The minimum absolute atomic E-state index is 0.240. The van der Waals surface area contributed by atoms with Gasteiger partial charge in [-0.3, -0.25) is 10.1 Å². The van der Waals surface area contributed by atoms with Gasteiger partial charge in [0.15, 0.2) is 5.69 Å². The Balaban J connectivity index is 1.78. The van der Waals surface area contributed by atoms with Crippen molar-refractivity contribution < 1.29 is 4.79 Å². The maximum atomic E-state index is 12.0. The van der Waals surface area contributed by atoms with Crippen molar-refractivity contribution in [1.82, 2.24) is 19.7 Å². The Bertz CT molecular complexity index is 751. The van der Waals surface area contributed by atoms with Crippen LogP contribution in [0.1, 0.15) is 10.5 Å². The highest BCUT2D eigenvalue weighted by molar-refractivity contribution is 6.01. The summed E-state index contributed by atoms with van der Waals surface area (Å²) < 4.78 is 1.60. The van der Waals surface area contributed by atoms with Crippen molar-refractivity contribution >= 4 is 17.5 Å². The average Bonchev–Trinajstić information content (AvgIpc) is 2.99. The first kappa shape index (κ1) is 12.8. The van der Waals surface area contributed by atoms with E-state index in [1.807, 2.05) is 12.1 Å². The SMILES string of the molecule is Nc1ccc(-n2ccc(C(=O)Nc3ncccn3)n2)cc1. The molecule has 2 heterocycles. The Morgan fingerprint density at radius 2 is 1.81 bits per heavy atom. The topological polar surface area (TPSA) is 98.7 Å². The van der Waals surface area contributed by atoms with E-state index in [0.29, 0.717) is 5.69 Å². The van der Waals surface area contributed by atoms with E-state index in [4.69, 9.17) is 5.73 Å². The molecule has 0 saturated carbocycles. The van der Waals surface area contributed by atoms with Crippen molar-refractivity contribution in [3.63, 3.8) is 0 Å². The van der Waals surface area contributed by atoms with Gasteiger partial charge in [0.1, 0.15) is 0 Å². The number of nitrogen functional groups attached to an aromatic ring is 1. The minimum atomic E-state index is -0.365. The van der Waals surface area contributed by atoms with Gasteiger partial charge in [0, 0.05) is 24.3 Å². The number of carbonyl (C=O) groups is 1. The molecule has 0 saturated heterocycles. The van der Waals surface area contributed by atoms with Crippen molar-refractivity contribution in [3.05, 3.63) is 60.7 Å². The van der Waals surface area contributed by atoms with Gasteiger partial charge in [-0.25, -0.2) is 14.6 Å². The first-order valence-electron chi connectivity index (χ1n) is 6.22. The summed E-state index contributed by atoms with van der Waals surface area (Å²) in [5.41, 5.74) is 7.40. The first-order chi connectivity index (χ1) is 10.2. The average molecular weight is 280 g/mol. The molecule has 0 spiro atoms. The van der Waals surface area contributed by atoms with E-state index >= 15 is 0 Å². The van der Waals surface area contributed by atoms with Gasteiger partial charge in [0.05, 0.1) is 5.69 Å². The van der Waals surface area contributed by atoms with E-state index in [1.54, 1.807) is 47.5 Å². The fourth-order valence-electron chi connectivity index (χ4n) is 1.75. The number of nitrogens with one attached hydrogen (secondary N) is 1. The molecule has 3 aromatic rings. The molecule has 1 aromatic carbocycles. The molecule has 0 unspecified atom stereocenters. The molecule has 7 heteroatoms. The van der Waals surface area contributed by atoms with Crippen molar-refractivity contribution in [1.29, 1.82) is 0 Å². The normalized spacial score (nSPS) is 10.3. The van der Waals surface area contributed by atoms with Crippen molar-refractivity contribution in [2.75, 3.05) is 11.1 Å². The molecule has 0 aliphatic rings. The fraction of sp³-hybridized carbons (Fsp3) is 0. The Hall–Kier alpha value is -3.22. The second-order valence-electron chi connectivity index (χ2n) is 4.26. The number of hydrogen-bond acceptors (Lipinski definition) is 5. The summed E-state index contributed by atoms with van der Waals surface area (Å²) in [6.45, 7) is 0. The standard InChI is InChI=1S/C14H12N6O/c15-10-2-4-11(5-3-10)20-9-6-12(19-20)13(21)18-14-16-7-1-8-17-14/h1-9H,15H2,(H,16,17,18,21). The summed E-state index contributed by atoms with van der Waals surface area (Å²) in [5.74, 6) is -0.125. The predicted octanol–water partition coefficient (Wildman–Crippen LogP) is 1.50. The fourth-order valence-corrected chi connectivity index (χ4v) is 1.75. The zero-order valence-corrected chi connectivity index (χ0v) is 11.0. The zero-order valence-electron chi connectivity index (χ0n) is 11.0. The lowest BCUT2D eigenvalue weighted by atomic mass is 10.3. The van der Waals surface area contributed by atoms with Crippen LogP contribution in [0.5, 0.6) is 0 Å². The third-order valence-corrected chi connectivity index (χ3v) is 2.77. The molecule has 104 valence electrons. The molecule has 3 rings (SSSR count). The number of nitrogens with two attached hydrogens (primary N) is 1. The molecule has 0 aliphatic carbocycles. The number of hydrogen-bond donors (Lipinski definition) is 2. The van der Waals surface area contributed by atoms with Crippen LogP contribution in [0.25, 0.3) is 5.69 Å². The van der Waals surface area contributed by atoms with E-state index in [2.05, 4.69) is 20.4 Å². The highest BCUT2D eigenvalue weighted by Gasteiger charge is 2.11. The molecule has 0 bridgehead atoms. The Morgan fingerprint density at radius 3 is 2.52 bits per heavy atom. The van der Waals surface area contributed by atoms with Crippen LogP contribution in [0, 0.1) is 0 Å². The van der Waals surface area contributed by atoms with E-state index in [-0.39, 0.29) is 17.5 Å². The van der Waals surface area contributed by atoms with Crippen molar-refractivity contribution in [3.8, 4) is 5.69 Å². The van der Waals surface area contributed by atoms with Gasteiger partial charge in [0.2, 0.25) is 5.95 Å². The van der Waals surface area contributed by atoms with Crippen LogP contribution in [-0.4, -0.2) is 25.7 Å². The number of benzene rings is 1. The second-order valence-corrected chi connectivity index (χ2v) is 4.26. The van der Waals surface area contributed by atoms with E-state index < -0.39 is 0 Å². The highest BCUT2D eigenvalue weighted by Crippen LogP contribution is 2.11. The minimum Gasteiger partial charge on any atom is -0.399 e. The van der Waals surface area contributed by atoms with Crippen LogP contribution in [0.15, 0.2) is 55.0 Å². The number of rotatable bonds is 3. The maximum absolute atomic E-state index is 12.0. The Kier molecular flexibility index (Phi) is 3.30. The first-order valence-corrected chi connectivity index (χ1v) is 6.22. The van der Waals surface area contributed by atoms with E-state index in [0.717, 1.165) is 5.69 Å². The molecule has 3 N–H and O–H groups in total. The van der Waals surface area contributed by atoms with Crippen LogP contribution >= 0.6 is 0 Å². The molecule has 0 radical (unpaired) electrons. The van der Waals surface area contributed by atoms with Gasteiger partial charge >= 0.3 is 0 Å². The van der Waals surface area contributed by atoms with Gasteiger partial charge in [-0.2, -0.15) is 5.10 Å². The predicted molar refractivity (Wildman–Crippen MR) is 78.0 cm³/mol. The third-order valence-electron chi connectivity index (χ3n) is 2.77. The highest BCUT2D eigenvalue weighted by atomic mass is 16.2. The van der Waals surface area contributed by atoms with Crippen LogP contribution in [0.4, 0.5) is 11.6 Å². The summed E-state index contributed by atoms with van der Waals surface area (Å²) in [4.78, 5) is 19.9. The molecule has 21 heavy (non-hydrogen) atoms.